The molecule has 0 radical (unpaired) electrons. The van der Waals surface area contributed by atoms with Crippen LogP contribution in [0.4, 0.5) is 13.2 Å². The molecule has 0 heterocycles. The topological polar surface area (TPSA) is 83.5 Å². The number of phenolic OH excluding ortho intramolecular Hbond substituents is 1. The zero-order valence-corrected chi connectivity index (χ0v) is 8.53. The minimum Gasteiger partial charge on any atom is -0.507 e. The number of alkyl halides is 3. The Bertz CT molecular complexity index is 431. The number of nitrogens with two attached hydrogens (primary N) is 1. The lowest BCUT2D eigenvalue weighted by Crippen LogP contribution is -2.32. The molecule has 7 heteroatoms. The third kappa shape index (κ3) is 3.35. The van der Waals surface area contributed by atoms with Gasteiger partial charge in [0, 0.05) is 0 Å². The van der Waals surface area contributed by atoms with Crippen molar-refractivity contribution in [3.63, 3.8) is 0 Å². The van der Waals surface area contributed by atoms with Gasteiger partial charge in [0.25, 0.3) is 0 Å². The van der Waals surface area contributed by atoms with Crippen LogP contribution in [0, 0.1) is 0 Å². The summed E-state index contributed by atoms with van der Waals surface area (Å²) >= 11 is 0. The van der Waals surface area contributed by atoms with E-state index >= 15 is 0 Å². The van der Waals surface area contributed by atoms with Crippen LogP contribution in [0.3, 0.4) is 0 Å². The first-order valence-corrected chi connectivity index (χ1v) is 4.59. The van der Waals surface area contributed by atoms with E-state index in [4.69, 9.17) is 15.9 Å². The van der Waals surface area contributed by atoms with E-state index in [9.17, 15) is 18.0 Å². The Kier molecular flexibility index (Phi) is 3.62. The highest BCUT2D eigenvalue weighted by Crippen LogP contribution is 2.36. The van der Waals surface area contributed by atoms with Crippen molar-refractivity contribution in [2.75, 3.05) is 0 Å². The SMILES string of the molecule is NC(Cc1ccc(O)c(C(F)(F)F)c1)C(=O)O. The molecule has 1 aromatic carbocycles. The number of hydrogen-bond donors (Lipinski definition) is 3. The summed E-state index contributed by atoms with van der Waals surface area (Å²) in [6.45, 7) is 0. The van der Waals surface area contributed by atoms with Crippen molar-refractivity contribution in [3.05, 3.63) is 29.3 Å². The quantitative estimate of drug-likeness (QED) is 0.755. The summed E-state index contributed by atoms with van der Waals surface area (Å²) in [6, 6.07) is 1.48. The van der Waals surface area contributed by atoms with Crippen LogP contribution in [0.2, 0.25) is 0 Å². The lowest BCUT2D eigenvalue weighted by molar-refractivity contribution is -0.139. The molecule has 0 aromatic heterocycles. The molecule has 1 atom stereocenters. The molecular formula is C10H10F3NO3. The van der Waals surface area contributed by atoms with Crippen molar-refractivity contribution in [2.45, 2.75) is 18.6 Å². The van der Waals surface area contributed by atoms with E-state index in [0.29, 0.717) is 6.07 Å². The molecular weight excluding hydrogens is 239 g/mol. The summed E-state index contributed by atoms with van der Waals surface area (Å²) in [6.07, 6.45) is -4.92. The fourth-order valence-electron chi connectivity index (χ4n) is 1.28. The number of carboxylic acids is 1. The molecule has 0 saturated carbocycles. The number of rotatable bonds is 3. The first kappa shape index (κ1) is 13.3. The normalized spacial score (nSPS) is 13.4. The van der Waals surface area contributed by atoms with Gasteiger partial charge in [-0.05, 0) is 24.1 Å². The monoisotopic (exact) mass is 249 g/mol. The number of phenols is 1. The van der Waals surface area contributed by atoms with Crippen molar-refractivity contribution in [3.8, 4) is 5.75 Å². The maximum Gasteiger partial charge on any atom is 0.419 e. The van der Waals surface area contributed by atoms with Gasteiger partial charge in [-0.15, -0.1) is 0 Å². The van der Waals surface area contributed by atoms with E-state index in [1.165, 1.54) is 6.07 Å². The average molecular weight is 249 g/mol. The summed E-state index contributed by atoms with van der Waals surface area (Å²) in [5.74, 6) is -2.20. The largest absolute Gasteiger partial charge is 0.507 e. The molecule has 0 amide bonds. The molecule has 1 unspecified atom stereocenters. The van der Waals surface area contributed by atoms with E-state index in [0.717, 1.165) is 6.07 Å². The van der Waals surface area contributed by atoms with Gasteiger partial charge in [-0.2, -0.15) is 13.2 Å². The Morgan fingerprint density at radius 1 is 1.41 bits per heavy atom. The number of benzene rings is 1. The zero-order chi connectivity index (χ0) is 13.2. The van der Waals surface area contributed by atoms with Crippen LogP contribution in [0.25, 0.3) is 0 Å². The van der Waals surface area contributed by atoms with Gasteiger partial charge in [-0.3, -0.25) is 4.79 Å². The summed E-state index contributed by atoms with van der Waals surface area (Å²) in [7, 11) is 0. The van der Waals surface area contributed by atoms with E-state index in [-0.39, 0.29) is 12.0 Å². The lowest BCUT2D eigenvalue weighted by Gasteiger charge is -2.12. The molecule has 4 nitrogen and oxygen atoms in total. The second-order valence-electron chi connectivity index (χ2n) is 3.50. The molecule has 1 rings (SSSR count). The molecule has 0 saturated heterocycles. The van der Waals surface area contributed by atoms with Gasteiger partial charge in [0.2, 0.25) is 0 Å². The number of hydrogen-bond acceptors (Lipinski definition) is 3. The Balaban J connectivity index is 3.01. The number of aromatic hydroxyl groups is 1. The molecule has 0 aliphatic carbocycles. The Labute approximate surface area is 94.5 Å². The Morgan fingerprint density at radius 2 is 2.00 bits per heavy atom. The number of halogens is 3. The fourth-order valence-corrected chi connectivity index (χ4v) is 1.28. The van der Waals surface area contributed by atoms with Crippen molar-refractivity contribution in [1.82, 2.24) is 0 Å². The standard InChI is InChI=1S/C10H10F3NO3/c11-10(12,13)6-3-5(1-2-8(6)15)4-7(14)9(16)17/h1-3,7,15H,4,14H2,(H,16,17). The van der Waals surface area contributed by atoms with Crippen molar-refractivity contribution in [2.24, 2.45) is 5.73 Å². The van der Waals surface area contributed by atoms with Crippen LogP contribution in [0.5, 0.6) is 5.75 Å². The van der Waals surface area contributed by atoms with Crippen LogP contribution < -0.4 is 5.73 Å². The van der Waals surface area contributed by atoms with E-state index in [2.05, 4.69) is 0 Å². The van der Waals surface area contributed by atoms with Crippen LogP contribution in [0.1, 0.15) is 11.1 Å². The third-order valence-electron chi connectivity index (χ3n) is 2.14. The smallest absolute Gasteiger partial charge is 0.419 e. The maximum atomic E-state index is 12.4. The molecule has 0 aliphatic rings. The van der Waals surface area contributed by atoms with Crippen LogP contribution in [-0.2, 0) is 17.4 Å². The Morgan fingerprint density at radius 3 is 2.47 bits per heavy atom. The second kappa shape index (κ2) is 4.62. The number of carbonyl (C=O) groups is 1. The minimum absolute atomic E-state index is 0.102. The van der Waals surface area contributed by atoms with Crippen LogP contribution in [0.15, 0.2) is 18.2 Å². The molecule has 17 heavy (non-hydrogen) atoms. The Hall–Kier alpha value is -1.76. The van der Waals surface area contributed by atoms with Gasteiger partial charge in [-0.25, -0.2) is 0 Å². The van der Waals surface area contributed by atoms with E-state index in [1.807, 2.05) is 0 Å². The van der Waals surface area contributed by atoms with Crippen LogP contribution >= 0.6 is 0 Å². The maximum absolute atomic E-state index is 12.4. The van der Waals surface area contributed by atoms with Gasteiger partial charge in [0.05, 0.1) is 5.56 Å². The molecule has 0 spiro atoms. The van der Waals surface area contributed by atoms with Gasteiger partial charge in [0.15, 0.2) is 0 Å². The van der Waals surface area contributed by atoms with Crippen molar-refractivity contribution in [1.29, 1.82) is 0 Å². The minimum atomic E-state index is -4.69. The predicted molar refractivity (Wildman–Crippen MR) is 52.4 cm³/mol. The molecule has 4 N–H and O–H groups in total. The first-order valence-electron chi connectivity index (χ1n) is 4.59. The van der Waals surface area contributed by atoms with Gasteiger partial charge >= 0.3 is 12.1 Å². The lowest BCUT2D eigenvalue weighted by atomic mass is 10.0. The highest BCUT2D eigenvalue weighted by Gasteiger charge is 2.34. The number of aliphatic carboxylic acids is 1. The highest BCUT2D eigenvalue weighted by molar-refractivity contribution is 5.73. The first-order chi connectivity index (χ1) is 7.71. The van der Waals surface area contributed by atoms with E-state index in [1.54, 1.807) is 0 Å². The van der Waals surface area contributed by atoms with E-state index < -0.39 is 29.5 Å². The van der Waals surface area contributed by atoms with Crippen molar-refractivity contribution < 1.29 is 28.2 Å². The van der Waals surface area contributed by atoms with Gasteiger partial charge < -0.3 is 15.9 Å². The summed E-state index contributed by atoms with van der Waals surface area (Å²) in [5.41, 5.74) is 4.10. The van der Waals surface area contributed by atoms with Gasteiger partial charge in [0.1, 0.15) is 11.8 Å². The molecule has 0 fully saturated rings. The summed E-state index contributed by atoms with van der Waals surface area (Å²) < 4.78 is 37.3. The average Bonchev–Trinajstić information content (AvgIpc) is 2.19. The molecule has 0 bridgehead atoms. The van der Waals surface area contributed by atoms with Gasteiger partial charge in [-0.1, -0.05) is 6.07 Å². The molecule has 94 valence electrons. The summed E-state index contributed by atoms with van der Waals surface area (Å²) in [4.78, 5) is 10.5. The molecule has 1 aromatic rings. The van der Waals surface area contributed by atoms with Crippen LogP contribution in [-0.4, -0.2) is 22.2 Å². The van der Waals surface area contributed by atoms with Crippen molar-refractivity contribution >= 4 is 5.97 Å². The predicted octanol–water partition coefficient (Wildman–Crippen LogP) is 1.37. The fraction of sp³-hybridized carbons (Fsp3) is 0.300. The number of carboxylic acid groups (broad SMARTS) is 1. The zero-order valence-electron chi connectivity index (χ0n) is 8.53. The summed E-state index contributed by atoms with van der Waals surface area (Å²) in [5, 5.41) is 17.6. The molecule has 0 aliphatic heterocycles. The third-order valence-corrected chi connectivity index (χ3v) is 2.14. The highest BCUT2D eigenvalue weighted by atomic mass is 19.4. The second-order valence-corrected chi connectivity index (χ2v) is 3.50.